The Morgan fingerprint density at radius 2 is 2.00 bits per heavy atom. The zero-order valence-corrected chi connectivity index (χ0v) is 8.09. The van der Waals surface area contributed by atoms with Gasteiger partial charge in [-0.2, -0.15) is 0 Å². The van der Waals surface area contributed by atoms with E-state index in [2.05, 4.69) is 47.5 Å². The third kappa shape index (κ3) is 2.18. The van der Waals surface area contributed by atoms with E-state index in [0.29, 0.717) is 0 Å². The van der Waals surface area contributed by atoms with E-state index < -0.39 is 0 Å². The Kier molecular flexibility index (Phi) is 2.45. The lowest BCUT2D eigenvalue weighted by molar-refractivity contribution is 0.746. The number of benzene rings is 1. The standard InChI is InChI=1S/C10H12N2S/c13-10-11-7-9(12-10)6-8-4-2-1-3-5-8/h1-5,7,10-13H,6H2. The van der Waals surface area contributed by atoms with Crippen LogP contribution < -0.4 is 10.6 Å². The molecular weight excluding hydrogens is 180 g/mol. The zero-order valence-electron chi connectivity index (χ0n) is 7.20. The first-order valence-corrected chi connectivity index (χ1v) is 4.80. The van der Waals surface area contributed by atoms with Gasteiger partial charge in [-0.15, -0.1) is 12.6 Å². The number of hydrogen-bond acceptors (Lipinski definition) is 3. The van der Waals surface area contributed by atoms with Crippen LogP contribution >= 0.6 is 12.6 Å². The molecule has 2 rings (SSSR count). The molecule has 1 unspecified atom stereocenters. The fraction of sp³-hybridized carbons (Fsp3) is 0.200. The molecule has 0 aliphatic carbocycles. The lowest BCUT2D eigenvalue weighted by atomic mass is 10.1. The molecule has 0 radical (unpaired) electrons. The summed E-state index contributed by atoms with van der Waals surface area (Å²) in [5.41, 5.74) is 2.57. The maximum Gasteiger partial charge on any atom is 0.142 e. The second kappa shape index (κ2) is 3.75. The van der Waals surface area contributed by atoms with Gasteiger partial charge in [-0.25, -0.2) is 0 Å². The van der Waals surface area contributed by atoms with E-state index in [1.165, 1.54) is 11.3 Å². The van der Waals surface area contributed by atoms with E-state index in [9.17, 15) is 0 Å². The Morgan fingerprint density at radius 3 is 2.62 bits per heavy atom. The monoisotopic (exact) mass is 192 g/mol. The van der Waals surface area contributed by atoms with Crippen molar-refractivity contribution in [3.8, 4) is 0 Å². The van der Waals surface area contributed by atoms with Gasteiger partial charge in [0.2, 0.25) is 0 Å². The van der Waals surface area contributed by atoms with Gasteiger partial charge in [0.25, 0.3) is 0 Å². The van der Waals surface area contributed by atoms with E-state index in [1.807, 2.05) is 12.3 Å². The normalized spacial score (nSPS) is 20.4. The summed E-state index contributed by atoms with van der Waals surface area (Å²) in [6.45, 7) is 0. The minimum Gasteiger partial charge on any atom is -0.362 e. The van der Waals surface area contributed by atoms with Gasteiger partial charge in [0.05, 0.1) is 0 Å². The van der Waals surface area contributed by atoms with Crippen LogP contribution in [-0.4, -0.2) is 5.50 Å². The van der Waals surface area contributed by atoms with Crippen LogP contribution in [-0.2, 0) is 6.42 Å². The minimum atomic E-state index is 0.0683. The van der Waals surface area contributed by atoms with Gasteiger partial charge >= 0.3 is 0 Å². The van der Waals surface area contributed by atoms with E-state index in [1.54, 1.807) is 0 Å². The van der Waals surface area contributed by atoms with Crippen LogP contribution in [0.25, 0.3) is 0 Å². The molecule has 13 heavy (non-hydrogen) atoms. The molecule has 0 bridgehead atoms. The van der Waals surface area contributed by atoms with E-state index in [-0.39, 0.29) is 5.50 Å². The molecule has 1 atom stereocenters. The molecule has 1 aliphatic heterocycles. The first kappa shape index (κ1) is 8.51. The summed E-state index contributed by atoms with van der Waals surface area (Å²) < 4.78 is 0. The molecule has 0 saturated carbocycles. The van der Waals surface area contributed by atoms with E-state index >= 15 is 0 Å². The van der Waals surface area contributed by atoms with Gasteiger partial charge in [0.1, 0.15) is 5.50 Å². The molecule has 3 heteroatoms. The Labute approximate surface area is 83.5 Å². The molecule has 68 valence electrons. The fourth-order valence-electron chi connectivity index (χ4n) is 1.36. The first-order chi connectivity index (χ1) is 6.34. The Morgan fingerprint density at radius 1 is 1.23 bits per heavy atom. The van der Waals surface area contributed by atoms with Crippen LogP contribution in [0.3, 0.4) is 0 Å². The molecule has 1 aromatic carbocycles. The van der Waals surface area contributed by atoms with Crippen LogP contribution in [0.1, 0.15) is 5.56 Å². The number of allylic oxidation sites excluding steroid dienone is 1. The molecular formula is C10H12N2S. The van der Waals surface area contributed by atoms with Crippen molar-refractivity contribution in [3.05, 3.63) is 47.8 Å². The summed E-state index contributed by atoms with van der Waals surface area (Å²) in [6, 6.07) is 10.4. The number of thiol groups is 1. The van der Waals surface area contributed by atoms with Crippen molar-refractivity contribution in [3.63, 3.8) is 0 Å². The van der Waals surface area contributed by atoms with Gasteiger partial charge in [-0.05, 0) is 5.56 Å². The Balaban J connectivity index is 2.00. The highest BCUT2D eigenvalue weighted by atomic mass is 32.1. The van der Waals surface area contributed by atoms with Crippen molar-refractivity contribution in [1.29, 1.82) is 0 Å². The minimum absolute atomic E-state index is 0.0683. The molecule has 0 amide bonds. The summed E-state index contributed by atoms with van der Waals surface area (Å²) in [5.74, 6) is 0. The van der Waals surface area contributed by atoms with Gasteiger partial charge in [0, 0.05) is 18.3 Å². The zero-order chi connectivity index (χ0) is 9.10. The topological polar surface area (TPSA) is 24.1 Å². The maximum atomic E-state index is 4.24. The molecule has 0 saturated heterocycles. The molecule has 2 N–H and O–H groups in total. The highest BCUT2D eigenvalue weighted by molar-refractivity contribution is 7.80. The molecule has 1 heterocycles. The van der Waals surface area contributed by atoms with Crippen LogP contribution in [0.2, 0.25) is 0 Å². The van der Waals surface area contributed by atoms with E-state index in [4.69, 9.17) is 0 Å². The summed E-state index contributed by atoms with van der Waals surface area (Å²) in [6.07, 6.45) is 2.91. The van der Waals surface area contributed by atoms with Crippen LogP contribution in [0.5, 0.6) is 0 Å². The predicted octanol–water partition coefficient (Wildman–Crippen LogP) is 1.48. The predicted molar refractivity (Wildman–Crippen MR) is 57.3 cm³/mol. The lowest BCUT2D eigenvalue weighted by Gasteiger charge is -2.06. The van der Waals surface area contributed by atoms with Crippen molar-refractivity contribution < 1.29 is 0 Å². The molecule has 0 spiro atoms. The molecule has 1 aliphatic rings. The van der Waals surface area contributed by atoms with Crippen molar-refractivity contribution in [1.82, 2.24) is 10.6 Å². The van der Waals surface area contributed by atoms with Gasteiger partial charge in [-0.1, -0.05) is 30.3 Å². The van der Waals surface area contributed by atoms with Crippen molar-refractivity contribution >= 4 is 12.6 Å². The SMILES string of the molecule is SC1NC=C(Cc2ccccc2)N1. The van der Waals surface area contributed by atoms with Crippen LogP contribution in [0.15, 0.2) is 42.2 Å². The lowest BCUT2D eigenvalue weighted by Crippen LogP contribution is -2.25. The number of nitrogens with one attached hydrogen (secondary N) is 2. The summed E-state index contributed by atoms with van der Waals surface area (Å²) in [5, 5.41) is 6.30. The van der Waals surface area contributed by atoms with E-state index in [0.717, 1.165) is 6.42 Å². The van der Waals surface area contributed by atoms with Crippen LogP contribution in [0, 0.1) is 0 Å². The first-order valence-electron chi connectivity index (χ1n) is 4.28. The fourth-order valence-corrected chi connectivity index (χ4v) is 1.60. The maximum absolute atomic E-state index is 4.24. The quantitative estimate of drug-likeness (QED) is 0.618. The molecule has 1 aromatic rings. The van der Waals surface area contributed by atoms with Crippen LogP contribution in [0.4, 0.5) is 0 Å². The largest absolute Gasteiger partial charge is 0.362 e. The third-order valence-electron chi connectivity index (χ3n) is 1.97. The van der Waals surface area contributed by atoms with Gasteiger partial charge < -0.3 is 10.6 Å². The number of rotatable bonds is 2. The van der Waals surface area contributed by atoms with Gasteiger partial charge in [-0.3, -0.25) is 0 Å². The summed E-state index contributed by atoms with van der Waals surface area (Å²) >= 11 is 4.24. The van der Waals surface area contributed by atoms with Crippen molar-refractivity contribution in [2.24, 2.45) is 0 Å². The van der Waals surface area contributed by atoms with Crippen molar-refractivity contribution in [2.45, 2.75) is 11.9 Å². The average Bonchev–Trinajstić information content (AvgIpc) is 2.53. The highest BCUT2D eigenvalue weighted by Gasteiger charge is 2.09. The third-order valence-corrected chi connectivity index (χ3v) is 2.25. The van der Waals surface area contributed by atoms with Crippen molar-refractivity contribution in [2.75, 3.05) is 0 Å². The molecule has 0 fully saturated rings. The molecule has 2 nitrogen and oxygen atoms in total. The summed E-state index contributed by atoms with van der Waals surface area (Å²) in [4.78, 5) is 0. The smallest absolute Gasteiger partial charge is 0.142 e. The second-order valence-corrected chi connectivity index (χ2v) is 3.56. The Hall–Kier alpha value is -1.09. The number of hydrogen-bond donors (Lipinski definition) is 3. The molecule has 0 aromatic heterocycles. The van der Waals surface area contributed by atoms with Gasteiger partial charge in [0.15, 0.2) is 0 Å². The highest BCUT2D eigenvalue weighted by Crippen LogP contribution is 2.09. The Bertz CT molecular complexity index is 308. The summed E-state index contributed by atoms with van der Waals surface area (Å²) in [7, 11) is 0. The average molecular weight is 192 g/mol. The second-order valence-electron chi connectivity index (χ2n) is 3.05.